The fourth-order valence-corrected chi connectivity index (χ4v) is 22.3. The van der Waals surface area contributed by atoms with Crippen LogP contribution in [0.5, 0.6) is 0 Å². The number of morpholine rings is 2. The summed E-state index contributed by atoms with van der Waals surface area (Å²) in [6.07, 6.45) is 11.3. The van der Waals surface area contributed by atoms with E-state index in [-0.39, 0.29) is 167 Å². The van der Waals surface area contributed by atoms with E-state index < -0.39 is 84.6 Å². The Labute approximate surface area is 769 Å². The van der Waals surface area contributed by atoms with E-state index >= 15 is 0 Å². The molecule has 0 spiro atoms. The molecule has 0 aromatic carbocycles. The summed E-state index contributed by atoms with van der Waals surface area (Å²) >= 11 is 12.1. The van der Waals surface area contributed by atoms with Gasteiger partial charge in [-0.05, 0) is 101 Å². The average molecular weight is 1930 g/mol. The molecule has 5 rings (SSSR count). The molecule has 44 heteroatoms. The number of hydrogen-bond acceptors (Lipinski definition) is 37. The van der Waals surface area contributed by atoms with Crippen LogP contribution in [0.4, 0.5) is 0 Å². The van der Waals surface area contributed by atoms with E-state index in [1.807, 2.05) is 56.8 Å². The molecule has 3 aliphatic carbocycles. The maximum atomic E-state index is 13.0. The van der Waals surface area contributed by atoms with Gasteiger partial charge in [-0.3, -0.25) is 101 Å². The maximum absolute atomic E-state index is 13.0. The fourth-order valence-electron chi connectivity index (χ4n) is 12.9. The van der Waals surface area contributed by atoms with Crippen molar-refractivity contribution in [2.24, 2.45) is 11.5 Å². The quantitative estimate of drug-likeness (QED) is 0.0165. The standard InChI is InChI=1S/C30H56N3O8P3S2.C27H47N3O8S2.C15H21N3O8.C8H18N2S2/c1-3-4-15-45-26-7-8-27(26)46-16-5-6-25(35)18-33(20-30(38)41-23-44)14-12-31(10-9-28(36)39-21-42)11-13-32(17-24(2)34)19-29(37)40-22-43;1-3-4-15-39-23-7-8-24(23)40-16-5-6-22(32)18-30(20-27(37)38)14-12-28(10-9-25(33)34)11-13-29(17-21(2)31)19-26(35)36;19-11(20)1-2-16(3-5-17-7-12(21)25-13(22)8-17)4-6-18-9-14(23)26-15(24)10-18;9-3-5-11-7-1-2-8(7)12-6-4-10/h26-27H,3-23,42-44H2,1-2H3;23-24H,3-20H2,1-2H3,(H,33,34)(H,35,36)(H,37,38);1-10H2,(H,19,20);7-8H,1-6,9-10H2/i21T,22T,23T;;;. The Hall–Kier alpha value is -3.80. The third-order valence-electron chi connectivity index (χ3n) is 19.8. The molecule has 12 atom stereocenters. The van der Waals surface area contributed by atoms with Crippen molar-refractivity contribution in [3.63, 3.8) is 0 Å². The summed E-state index contributed by atoms with van der Waals surface area (Å²) in [6, 6.07) is 0. The van der Waals surface area contributed by atoms with Gasteiger partial charge in [-0.1, -0.05) is 54.4 Å². The van der Waals surface area contributed by atoms with Gasteiger partial charge in [0.25, 0.3) is 0 Å². The van der Waals surface area contributed by atoms with Gasteiger partial charge in [-0.25, -0.2) is 0 Å². The van der Waals surface area contributed by atoms with Crippen LogP contribution in [0.25, 0.3) is 0 Å². The fraction of sp³-hybridized carbons (Fsp3) is 0.812. The van der Waals surface area contributed by atoms with Crippen molar-refractivity contribution >= 4 is 187 Å². The molecule has 124 heavy (non-hydrogen) atoms. The SMILES string of the molecule is CCCCSC1CCC1SCCCC(=O)CN(CCN(CCC(=O)O)CCN(CC(C)=O)CC(=O)O)CC(=O)O.NCCSC1CCC1SCCN.O=C(O)CCN(CCN1CC(=O)OC(=O)C1)CCN1CC(=O)OC(=O)C1.[3H]C(P)OC(=O)CCN(CCN(CC(C)=O)CC(=O)OC([3H])P)CCN(CC(=O)CCCSC1CCC1SCCCC)CC(=O)OC([3H])P. The number of ketones is 4. The zero-order chi connectivity index (χ0) is 94.6. The van der Waals surface area contributed by atoms with E-state index in [1.165, 1.54) is 94.5 Å². The highest BCUT2D eigenvalue weighted by atomic mass is 32.2. The minimum atomic E-state index is -1.13. The number of nitrogens with two attached hydrogens (primary N) is 2. The zero-order valence-electron chi connectivity index (χ0n) is 75.8. The third-order valence-corrected chi connectivity index (χ3v) is 29.7. The topological polar surface area (TPSA) is 464 Å². The van der Waals surface area contributed by atoms with Gasteiger partial charge in [0.2, 0.25) is 0 Å². The molecular weight excluding hydrogens is 1780 g/mol. The van der Waals surface area contributed by atoms with E-state index in [0.717, 1.165) is 64.7 Å². The van der Waals surface area contributed by atoms with E-state index in [1.54, 1.807) is 29.4 Å². The lowest BCUT2D eigenvalue weighted by Crippen LogP contribution is -2.48. The van der Waals surface area contributed by atoms with Gasteiger partial charge in [0.05, 0.1) is 102 Å². The van der Waals surface area contributed by atoms with Gasteiger partial charge < -0.3 is 70.3 Å². The second kappa shape index (κ2) is 71.9. The molecule has 0 amide bonds. The number of carbonyl (C=O) groups is 15. The van der Waals surface area contributed by atoms with Crippen LogP contribution < -0.4 is 11.5 Å². The molecule has 5 fully saturated rings. The highest BCUT2D eigenvalue weighted by Crippen LogP contribution is 2.42. The Bertz CT molecular complexity index is 3220. The molecule has 3 saturated carbocycles. The Balaban J connectivity index is 0.000000623. The smallest absolute Gasteiger partial charge is 0.327 e. The van der Waals surface area contributed by atoms with Gasteiger partial charge in [-0.15, -0.1) is 0 Å². The molecule has 0 aromatic rings. The average Bonchev–Trinajstić information content (AvgIpc) is 0.866. The normalized spacial score (nSPS) is 19.3. The minimum Gasteiger partial charge on any atom is -0.481 e. The first-order valence-electron chi connectivity index (χ1n) is 44.2. The number of carbonyl (C=O) groups excluding carboxylic acids is 11. The van der Waals surface area contributed by atoms with Crippen LogP contribution in [-0.2, 0) is 95.6 Å². The van der Waals surface area contributed by atoms with Gasteiger partial charge in [0.1, 0.15) is 42.1 Å². The molecular formula is C80H142N11O24P3S6. The Morgan fingerprint density at radius 3 is 0.935 bits per heavy atom. The van der Waals surface area contributed by atoms with Crippen LogP contribution in [0.15, 0.2) is 0 Å². The Morgan fingerprint density at radius 1 is 0.371 bits per heavy atom. The van der Waals surface area contributed by atoms with Crippen LogP contribution in [0, 0.1) is 0 Å². The molecule has 2 aliphatic heterocycles. The van der Waals surface area contributed by atoms with Gasteiger partial charge in [-0.2, -0.15) is 70.6 Å². The summed E-state index contributed by atoms with van der Waals surface area (Å²) in [5, 5.41) is 40.9. The number of rotatable bonds is 70. The summed E-state index contributed by atoms with van der Waals surface area (Å²) < 4.78 is 46.2. The van der Waals surface area contributed by atoms with E-state index in [0.29, 0.717) is 80.9 Å². The number of hydrogen-bond donors (Lipinski definition) is 6. The maximum Gasteiger partial charge on any atom is 0.327 e. The number of carboxylic acid groups (broad SMARTS) is 4. The van der Waals surface area contributed by atoms with Gasteiger partial charge in [0, 0.05) is 167 Å². The molecule has 2 heterocycles. The molecule has 0 bridgehead atoms. The molecule has 5 aliphatic rings. The summed E-state index contributed by atoms with van der Waals surface area (Å²) in [5.74, 6) is -2.26. The predicted octanol–water partition coefficient (Wildman–Crippen LogP) is 3.85. The van der Waals surface area contributed by atoms with Crippen molar-refractivity contribution in [3.8, 4) is 0 Å². The first-order chi connectivity index (χ1) is 60.4. The number of ether oxygens (including phenoxy) is 5. The zero-order valence-corrected chi connectivity index (χ0v) is 81.1. The lowest BCUT2D eigenvalue weighted by atomic mass is 9.99. The molecule has 8 N–H and O–H groups in total. The van der Waals surface area contributed by atoms with Crippen molar-refractivity contribution in [2.45, 2.75) is 168 Å². The lowest BCUT2D eigenvalue weighted by Gasteiger charge is -2.35. The van der Waals surface area contributed by atoms with E-state index in [4.69, 9.17) is 45.1 Å². The van der Waals surface area contributed by atoms with Crippen molar-refractivity contribution < 1.29 is 120 Å². The molecule has 35 nitrogen and oxygen atoms in total. The molecule has 2 saturated heterocycles. The Kier molecular flexibility index (Phi) is 64.2. The number of carboxylic acids is 4. The van der Waals surface area contributed by atoms with E-state index in [2.05, 4.69) is 74.6 Å². The number of Topliss-reactive ketones (excluding diaryl/α,β-unsaturated/α-hetero) is 4. The summed E-state index contributed by atoms with van der Waals surface area (Å²) in [7, 11) is 6.21. The first-order valence-corrected chi connectivity index (χ1v) is 50.8. The second-order valence-corrected chi connectivity index (χ2v) is 39.2. The van der Waals surface area contributed by atoms with Crippen molar-refractivity contribution in [1.29, 1.82) is 0 Å². The number of unbranched alkanes of at least 4 members (excludes halogenated alkanes) is 2. The second-order valence-electron chi connectivity index (χ2n) is 30.3. The highest BCUT2D eigenvalue weighted by molar-refractivity contribution is 8.04. The van der Waals surface area contributed by atoms with Gasteiger partial charge >= 0.3 is 65.7 Å². The summed E-state index contributed by atoms with van der Waals surface area (Å²) in [5.41, 5.74) is 10.9. The predicted molar refractivity (Wildman–Crippen MR) is 500 cm³/mol. The number of cyclic esters (lactones) is 4. The van der Waals surface area contributed by atoms with Crippen molar-refractivity contribution in [2.75, 3.05) is 243 Å². The van der Waals surface area contributed by atoms with Crippen LogP contribution >= 0.6 is 98.3 Å². The van der Waals surface area contributed by atoms with Gasteiger partial charge in [0.15, 0.2) is 0 Å². The number of esters is 7. The lowest BCUT2D eigenvalue weighted by molar-refractivity contribution is -0.168. The van der Waals surface area contributed by atoms with E-state index in [9.17, 15) is 77.0 Å². The van der Waals surface area contributed by atoms with Crippen LogP contribution in [-0.4, -0.2) is 428 Å². The van der Waals surface area contributed by atoms with Crippen molar-refractivity contribution in [3.05, 3.63) is 0 Å². The van der Waals surface area contributed by atoms with Crippen LogP contribution in [0.1, 0.15) is 141 Å². The Morgan fingerprint density at radius 2 is 0.645 bits per heavy atom. The largest absolute Gasteiger partial charge is 0.481 e. The molecule has 712 valence electrons. The number of aliphatic carboxylic acids is 4. The number of nitrogens with zero attached hydrogens (tertiary/aromatic N) is 9. The van der Waals surface area contributed by atoms with Crippen LogP contribution in [0.2, 0.25) is 0 Å². The first kappa shape index (κ1) is 111. The monoisotopic (exact) mass is 1930 g/mol. The molecule has 0 radical (unpaired) electrons. The molecule has 0 aromatic heterocycles. The van der Waals surface area contributed by atoms with Crippen LogP contribution in [0.3, 0.4) is 0 Å². The summed E-state index contributed by atoms with van der Waals surface area (Å²) in [6.45, 7) is 12.3. The number of thioether (sulfide) groups is 6. The van der Waals surface area contributed by atoms with Crippen molar-refractivity contribution in [1.82, 2.24) is 44.1 Å². The third kappa shape index (κ3) is 59.5. The minimum absolute atomic E-state index is 0.00494. The molecule has 12 unspecified atom stereocenters. The summed E-state index contributed by atoms with van der Waals surface area (Å²) in [4.78, 5) is 191. The highest BCUT2D eigenvalue weighted by Gasteiger charge is 2.35.